The summed E-state index contributed by atoms with van der Waals surface area (Å²) in [5.41, 5.74) is -1.93. The summed E-state index contributed by atoms with van der Waals surface area (Å²) in [4.78, 5) is 51.4. The predicted molar refractivity (Wildman–Crippen MR) is 186 cm³/mol. The molecule has 1 unspecified atom stereocenters. The molecule has 0 radical (unpaired) electrons. The first-order valence-electron chi connectivity index (χ1n) is 20.2. The fourth-order valence-electron chi connectivity index (χ4n) is 14.9. The molecule has 18 atom stereocenters. The number of ether oxygens (including phenoxy) is 8. The molecule has 13 nitrogen and oxygen atoms in total. The van der Waals surface area contributed by atoms with E-state index >= 15 is 0 Å². The molecule has 9 rings (SSSR count). The van der Waals surface area contributed by atoms with Crippen LogP contribution in [0.3, 0.4) is 0 Å². The van der Waals surface area contributed by atoms with Gasteiger partial charge >= 0.3 is 17.9 Å². The van der Waals surface area contributed by atoms with E-state index in [1.54, 1.807) is 0 Å². The highest BCUT2D eigenvalue weighted by molar-refractivity contribution is 5.89. The maximum Gasteiger partial charge on any atom is 0.303 e. The molecular weight excluding hydrogens is 700 g/mol. The second-order valence-electron chi connectivity index (χ2n) is 19.9. The van der Waals surface area contributed by atoms with Crippen LogP contribution in [-0.2, 0) is 57.1 Å². The van der Waals surface area contributed by atoms with Gasteiger partial charge in [0.05, 0.1) is 18.8 Å². The van der Waals surface area contributed by atoms with Gasteiger partial charge in [-0.2, -0.15) is 0 Å². The van der Waals surface area contributed by atoms with Crippen molar-refractivity contribution in [3.8, 4) is 0 Å². The second kappa shape index (κ2) is 11.5. The van der Waals surface area contributed by atoms with Crippen LogP contribution in [0.15, 0.2) is 0 Å². The number of carbonyl (C=O) groups is 4. The molecule has 0 aromatic rings. The monoisotopic (exact) mass is 758 g/mol. The van der Waals surface area contributed by atoms with E-state index in [0.29, 0.717) is 24.5 Å². The van der Waals surface area contributed by atoms with Crippen LogP contribution in [0.2, 0.25) is 0 Å². The first kappa shape index (κ1) is 37.4. The summed E-state index contributed by atoms with van der Waals surface area (Å²) >= 11 is 0. The normalized spacial score (nSPS) is 55.9. The molecule has 0 aromatic heterocycles. The van der Waals surface area contributed by atoms with Gasteiger partial charge in [0.25, 0.3) is 0 Å². The summed E-state index contributed by atoms with van der Waals surface area (Å²) in [6, 6.07) is 0. The lowest BCUT2D eigenvalue weighted by Crippen LogP contribution is -2.63. The van der Waals surface area contributed by atoms with Crippen LogP contribution in [-0.4, -0.2) is 96.0 Å². The number of rotatable bonds is 5. The highest BCUT2D eigenvalue weighted by atomic mass is 16.8. The lowest BCUT2D eigenvalue weighted by Gasteiger charge is -2.62. The minimum absolute atomic E-state index is 0.00643. The number of aliphatic hydroxyl groups excluding tert-OH is 1. The second-order valence-corrected chi connectivity index (χ2v) is 19.9. The maximum atomic E-state index is 15.0. The lowest BCUT2D eigenvalue weighted by molar-refractivity contribution is -0.343. The summed E-state index contributed by atoms with van der Waals surface area (Å²) in [5.74, 6) is -1.52. The summed E-state index contributed by atoms with van der Waals surface area (Å²) in [5, 5.41) is 10.7. The minimum Gasteiger partial charge on any atom is -0.456 e. The van der Waals surface area contributed by atoms with Crippen molar-refractivity contribution < 1.29 is 62.2 Å². The zero-order chi connectivity index (χ0) is 38.8. The van der Waals surface area contributed by atoms with Crippen molar-refractivity contribution in [1.29, 1.82) is 0 Å². The van der Waals surface area contributed by atoms with Gasteiger partial charge in [0.15, 0.2) is 30.9 Å². The molecule has 0 bridgehead atoms. The molecular formula is C41H58O13. The Morgan fingerprint density at radius 2 is 1.48 bits per heavy atom. The van der Waals surface area contributed by atoms with E-state index < -0.39 is 65.6 Å². The molecule has 4 heterocycles. The Labute approximate surface area is 317 Å². The Morgan fingerprint density at radius 1 is 0.815 bits per heavy atom. The third-order valence-corrected chi connectivity index (χ3v) is 17.1. The molecule has 3 spiro atoms. The third kappa shape index (κ3) is 4.65. The van der Waals surface area contributed by atoms with Crippen LogP contribution >= 0.6 is 0 Å². The number of ketones is 1. The third-order valence-electron chi connectivity index (χ3n) is 17.1. The van der Waals surface area contributed by atoms with Crippen molar-refractivity contribution >= 4 is 23.7 Å². The van der Waals surface area contributed by atoms with Gasteiger partial charge in [-0.3, -0.25) is 19.2 Å². The van der Waals surface area contributed by atoms with E-state index in [1.807, 2.05) is 6.92 Å². The summed E-state index contributed by atoms with van der Waals surface area (Å²) in [6.45, 7) is 16.9. The Kier molecular flexibility index (Phi) is 7.96. The van der Waals surface area contributed by atoms with Gasteiger partial charge in [-0.1, -0.05) is 34.6 Å². The number of esters is 3. The molecule has 54 heavy (non-hydrogen) atoms. The quantitative estimate of drug-likeness (QED) is 0.182. The van der Waals surface area contributed by atoms with Crippen molar-refractivity contribution in [2.45, 2.75) is 174 Å². The number of Topliss-reactive ketones (excluding diaryl/α,β-unsaturated/α-hetero) is 1. The lowest BCUT2D eigenvalue weighted by atomic mass is 9.41. The Bertz CT molecular complexity index is 1660. The van der Waals surface area contributed by atoms with E-state index in [9.17, 15) is 24.3 Å². The molecule has 1 N–H and O–H groups in total. The van der Waals surface area contributed by atoms with Crippen LogP contribution in [0.25, 0.3) is 0 Å². The van der Waals surface area contributed by atoms with Gasteiger partial charge in [0.1, 0.15) is 17.5 Å². The van der Waals surface area contributed by atoms with Crippen LogP contribution < -0.4 is 0 Å². The van der Waals surface area contributed by atoms with Crippen molar-refractivity contribution in [2.75, 3.05) is 6.61 Å². The predicted octanol–water partition coefficient (Wildman–Crippen LogP) is 4.38. The fourth-order valence-corrected chi connectivity index (χ4v) is 14.9. The SMILES string of the molecule is CC(=O)O[C@@H]1[C@@H](OC(C)=O)[C@H](O[C@H]2CC[C@]34C[C@]35CC(=O)[C@]3(C)[C@H]6[C@H](C)C[C@]7(OC(O)[C@@]8(C)O[C@@H]78)O[C@H]6C[C@@]3(C)[C@@H]5CC[C@H]4C2(C)C)OC[C@H]1OC(C)=O. The van der Waals surface area contributed by atoms with E-state index in [2.05, 4.69) is 34.6 Å². The maximum absolute atomic E-state index is 15.0. The molecule has 9 fully saturated rings. The van der Waals surface area contributed by atoms with E-state index in [0.717, 1.165) is 38.5 Å². The molecule has 0 amide bonds. The molecule has 0 aromatic carbocycles. The van der Waals surface area contributed by atoms with Crippen molar-refractivity contribution in [1.82, 2.24) is 0 Å². The fraction of sp³-hybridized carbons (Fsp3) is 0.902. The van der Waals surface area contributed by atoms with Crippen molar-refractivity contribution in [3.05, 3.63) is 0 Å². The Hall–Kier alpha value is -2.16. The molecule has 5 saturated carbocycles. The summed E-state index contributed by atoms with van der Waals surface area (Å²) < 4.78 is 48.7. The highest BCUT2D eigenvalue weighted by Crippen LogP contribution is 2.89. The number of carbonyl (C=O) groups excluding carboxylic acids is 4. The number of fused-ring (bicyclic) bond motifs is 6. The van der Waals surface area contributed by atoms with Crippen molar-refractivity contribution in [2.24, 2.45) is 50.7 Å². The smallest absolute Gasteiger partial charge is 0.303 e. The topological polar surface area (TPSA) is 166 Å². The standard InChI is InChI=1S/C41H58O13/c1-19-14-41(33-38(9,53-33)34(46)54-41)52-23-15-36(7)26-11-10-25-35(5,6)28(12-13-39(25)18-40(26,39)16-27(45)37(36,8)29(19)23)51-32-31(50-22(4)44)30(49-21(3)43)24(17-47-32)48-20(2)42/h19,23-26,28-34,46H,10-18H2,1-9H3/t19-,23+,24-,25+,26+,28+,29+,30+,31-,32+,33-,34?,36+,37-,38+,39-,40+,41-/m1/s1. The average molecular weight is 759 g/mol. The van der Waals surface area contributed by atoms with E-state index in [-0.39, 0.29) is 64.3 Å². The first-order valence-corrected chi connectivity index (χ1v) is 20.2. The van der Waals surface area contributed by atoms with Gasteiger partial charge in [-0.05, 0) is 84.9 Å². The van der Waals surface area contributed by atoms with Gasteiger partial charge in [0.2, 0.25) is 5.79 Å². The Morgan fingerprint density at radius 3 is 2.11 bits per heavy atom. The molecule has 13 heteroatoms. The first-order chi connectivity index (χ1) is 25.2. The van der Waals surface area contributed by atoms with Gasteiger partial charge in [-0.15, -0.1) is 0 Å². The molecule has 9 aliphatic rings. The van der Waals surface area contributed by atoms with Crippen molar-refractivity contribution in [3.63, 3.8) is 0 Å². The number of epoxide rings is 1. The van der Waals surface area contributed by atoms with Crippen LogP contribution in [0, 0.1) is 50.7 Å². The number of aliphatic hydroxyl groups is 1. The Balaban J connectivity index is 0.966. The minimum atomic E-state index is -1.14. The van der Waals surface area contributed by atoms with Gasteiger partial charge < -0.3 is 43.0 Å². The van der Waals surface area contributed by atoms with E-state index in [1.165, 1.54) is 20.8 Å². The number of hydrogen-bond acceptors (Lipinski definition) is 13. The zero-order valence-corrected chi connectivity index (χ0v) is 33.1. The molecule has 4 aliphatic heterocycles. The van der Waals surface area contributed by atoms with Crippen LogP contribution in [0.4, 0.5) is 0 Å². The van der Waals surface area contributed by atoms with Gasteiger partial charge in [0, 0.05) is 44.9 Å². The number of hydrogen-bond donors (Lipinski definition) is 1. The average Bonchev–Trinajstić information content (AvgIpc) is 3.90. The largest absolute Gasteiger partial charge is 0.456 e. The highest BCUT2D eigenvalue weighted by Gasteiger charge is 2.86. The zero-order valence-electron chi connectivity index (χ0n) is 33.1. The summed E-state index contributed by atoms with van der Waals surface area (Å²) in [7, 11) is 0. The molecule has 300 valence electrons. The van der Waals surface area contributed by atoms with E-state index in [4.69, 9.17) is 37.9 Å². The van der Waals surface area contributed by atoms with Crippen LogP contribution in [0.1, 0.15) is 114 Å². The molecule has 4 saturated heterocycles. The van der Waals surface area contributed by atoms with Crippen LogP contribution in [0.5, 0.6) is 0 Å². The van der Waals surface area contributed by atoms with Gasteiger partial charge in [-0.25, -0.2) is 0 Å². The molecule has 5 aliphatic carbocycles. The summed E-state index contributed by atoms with van der Waals surface area (Å²) in [6.07, 6.45) is 0.628.